The Labute approximate surface area is 122 Å². The number of hydrogen-bond acceptors (Lipinski definition) is 3. The van der Waals surface area contributed by atoms with E-state index in [1.807, 2.05) is 0 Å². The largest absolute Gasteiger partial charge is 0.486 e. The molecule has 1 N–H and O–H groups in total. The third kappa shape index (κ3) is 3.97. The van der Waals surface area contributed by atoms with Crippen LogP contribution in [0.25, 0.3) is 0 Å². The van der Waals surface area contributed by atoms with E-state index in [1.165, 1.54) is 5.56 Å². The van der Waals surface area contributed by atoms with Crippen LogP contribution in [0.3, 0.4) is 0 Å². The molecular formula is C17H27NO2. The third-order valence-electron chi connectivity index (χ3n) is 3.78. The van der Waals surface area contributed by atoms with Crippen molar-refractivity contribution in [3.63, 3.8) is 0 Å². The Balaban J connectivity index is 2.01. The normalized spacial score (nSPS) is 23.6. The van der Waals surface area contributed by atoms with Gasteiger partial charge in [0.25, 0.3) is 0 Å². The van der Waals surface area contributed by atoms with Crippen LogP contribution in [-0.4, -0.2) is 31.9 Å². The van der Waals surface area contributed by atoms with Crippen molar-refractivity contribution in [3.05, 3.63) is 29.8 Å². The quantitative estimate of drug-likeness (QED) is 0.917. The van der Waals surface area contributed by atoms with E-state index in [9.17, 15) is 0 Å². The molecule has 0 spiro atoms. The first-order valence-corrected chi connectivity index (χ1v) is 7.59. The lowest BCUT2D eigenvalue weighted by atomic mass is 9.87. The van der Waals surface area contributed by atoms with E-state index in [4.69, 9.17) is 9.47 Å². The summed E-state index contributed by atoms with van der Waals surface area (Å²) in [6.07, 6.45) is 1.11. The molecule has 0 bridgehead atoms. The van der Waals surface area contributed by atoms with Crippen LogP contribution in [0.1, 0.15) is 39.7 Å². The lowest BCUT2D eigenvalue weighted by Crippen LogP contribution is -2.49. The van der Waals surface area contributed by atoms with Crippen LogP contribution < -0.4 is 10.1 Å². The Hall–Kier alpha value is -1.06. The van der Waals surface area contributed by atoms with Gasteiger partial charge in [0.1, 0.15) is 11.9 Å². The van der Waals surface area contributed by atoms with Gasteiger partial charge < -0.3 is 14.8 Å². The summed E-state index contributed by atoms with van der Waals surface area (Å²) in [5.74, 6) is 0.927. The monoisotopic (exact) mass is 277 g/mol. The van der Waals surface area contributed by atoms with Gasteiger partial charge in [-0.05, 0) is 36.1 Å². The minimum atomic E-state index is 0.101. The first kappa shape index (κ1) is 15.3. The van der Waals surface area contributed by atoms with Crippen molar-refractivity contribution >= 4 is 0 Å². The van der Waals surface area contributed by atoms with Crippen LogP contribution in [0.4, 0.5) is 0 Å². The molecule has 1 aromatic rings. The second-order valence-electron chi connectivity index (χ2n) is 6.46. The van der Waals surface area contributed by atoms with Crippen molar-refractivity contribution in [3.8, 4) is 5.75 Å². The van der Waals surface area contributed by atoms with Gasteiger partial charge in [0.2, 0.25) is 0 Å². The van der Waals surface area contributed by atoms with E-state index in [-0.39, 0.29) is 11.5 Å². The standard InChI is InChI=1S/C17H27NO2/c1-5-18-15-10-11-19-12-16(15)20-14-8-6-13(7-9-14)17(2,3)4/h6-9,15-16,18H,5,10-12H2,1-4H3. The highest BCUT2D eigenvalue weighted by Gasteiger charge is 2.26. The van der Waals surface area contributed by atoms with Crippen LogP contribution in [0, 0.1) is 0 Å². The van der Waals surface area contributed by atoms with E-state index in [0.717, 1.165) is 25.3 Å². The van der Waals surface area contributed by atoms with Gasteiger partial charge in [0.05, 0.1) is 6.61 Å². The van der Waals surface area contributed by atoms with Gasteiger partial charge in [-0.3, -0.25) is 0 Å². The summed E-state index contributed by atoms with van der Waals surface area (Å²) in [6, 6.07) is 8.83. The fourth-order valence-corrected chi connectivity index (χ4v) is 2.53. The number of nitrogens with one attached hydrogen (secondary N) is 1. The lowest BCUT2D eigenvalue weighted by Gasteiger charge is -2.32. The van der Waals surface area contributed by atoms with Crippen molar-refractivity contribution in [2.24, 2.45) is 0 Å². The summed E-state index contributed by atoms with van der Waals surface area (Å²) in [5.41, 5.74) is 1.51. The summed E-state index contributed by atoms with van der Waals surface area (Å²) in [4.78, 5) is 0. The molecule has 0 radical (unpaired) electrons. The van der Waals surface area contributed by atoms with Crippen molar-refractivity contribution in [2.75, 3.05) is 19.8 Å². The SMILES string of the molecule is CCNC1CCOCC1Oc1ccc(C(C)(C)C)cc1. The third-order valence-corrected chi connectivity index (χ3v) is 3.78. The molecule has 1 aliphatic heterocycles. The number of ether oxygens (including phenoxy) is 2. The van der Waals surface area contributed by atoms with Crippen molar-refractivity contribution in [1.82, 2.24) is 5.32 Å². The molecule has 2 rings (SSSR count). The summed E-state index contributed by atoms with van der Waals surface area (Å²) in [5, 5.41) is 3.49. The Kier molecular flexibility index (Phi) is 5.06. The topological polar surface area (TPSA) is 30.5 Å². The maximum Gasteiger partial charge on any atom is 0.137 e. The fraction of sp³-hybridized carbons (Fsp3) is 0.647. The Bertz CT molecular complexity index is 406. The van der Waals surface area contributed by atoms with Gasteiger partial charge >= 0.3 is 0 Å². The van der Waals surface area contributed by atoms with Crippen LogP contribution in [0.2, 0.25) is 0 Å². The number of benzene rings is 1. The zero-order valence-electron chi connectivity index (χ0n) is 13.1. The maximum atomic E-state index is 6.10. The summed E-state index contributed by atoms with van der Waals surface area (Å²) < 4.78 is 11.6. The van der Waals surface area contributed by atoms with Crippen molar-refractivity contribution in [1.29, 1.82) is 0 Å². The molecule has 2 unspecified atom stereocenters. The summed E-state index contributed by atoms with van der Waals surface area (Å²) in [6.45, 7) is 11.2. The number of likely N-dealkylation sites (N-methyl/N-ethyl adjacent to an activating group) is 1. The number of hydrogen-bond donors (Lipinski definition) is 1. The molecule has 0 aromatic heterocycles. The second-order valence-corrected chi connectivity index (χ2v) is 6.46. The first-order valence-electron chi connectivity index (χ1n) is 7.59. The molecule has 3 nitrogen and oxygen atoms in total. The molecule has 112 valence electrons. The number of rotatable bonds is 4. The minimum absolute atomic E-state index is 0.101. The molecule has 0 aliphatic carbocycles. The van der Waals surface area contributed by atoms with Gasteiger partial charge in [0.15, 0.2) is 0 Å². The zero-order chi connectivity index (χ0) is 14.6. The Morgan fingerprint density at radius 3 is 2.55 bits per heavy atom. The average Bonchev–Trinajstić information content (AvgIpc) is 2.41. The average molecular weight is 277 g/mol. The summed E-state index contributed by atoms with van der Waals surface area (Å²) in [7, 11) is 0. The molecule has 0 amide bonds. The molecule has 1 saturated heterocycles. The predicted molar refractivity (Wildman–Crippen MR) is 82.5 cm³/mol. The lowest BCUT2D eigenvalue weighted by molar-refractivity contribution is -0.0143. The van der Waals surface area contributed by atoms with Gasteiger partial charge in [-0.25, -0.2) is 0 Å². The van der Waals surface area contributed by atoms with Crippen LogP contribution in [-0.2, 0) is 10.2 Å². The van der Waals surface area contributed by atoms with Gasteiger partial charge in [-0.2, -0.15) is 0 Å². The highest BCUT2D eigenvalue weighted by molar-refractivity contribution is 5.31. The summed E-state index contributed by atoms with van der Waals surface area (Å²) >= 11 is 0. The van der Waals surface area contributed by atoms with E-state index in [0.29, 0.717) is 12.6 Å². The van der Waals surface area contributed by atoms with E-state index in [2.05, 4.69) is 57.3 Å². The van der Waals surface area contributed by atoms with Crippen molar-refractivity contribution < 1.29 is 9.47 Å². The van der Waals surface area contributed by atoms with E-state index in [1.54, 1.807) is 0 Å². The molecule has 20 heavy (non-hydrogen) atoms. The molecule has 3 heteroatoms. The van der Waals surface area contributed by atoms with Crippen LogP contribution in [0.15, 0.2) is 24.3 Å². The molecule has 1 fully saturated rings. The smallest absolute Gasteiger partial charge is 0.137 e. The minimum Gasteiger partial charge on any atom is -0.486 e. The van der Waals surface area contributed by atoms with Crippen molar-refractivity contribution in [2.45, 2.75) is 51.7 Å². The first-order chi connectivity index (χ1) is 9.50. The van der Waals surface area contributed by atoms with Gasteiger partial charge in [0, 0.05) is 12.6 Å². The van der Waals surface area contributed by atoms with Gasteiger partial charge in [-0.1, -0.05) is 39.8 Å². The van der Waals surface area contributed by atoms with Crippen LogP contribution >= 0.6 is 0 Å². The Morgan fingerprint density at radius 2 is 1.95 bits per heavy atom. The second kappa shape index (κ2) is 6.59. The fourth-order valence-electron chi connectivity index (χ4n) is 2.53. The molecular weight excluding hydrogens is 250 g/mol. The molecule has 1 heterocycles. The van der Waals surface area contributed by atoms with Crippen LogP contribution in [0.5, 0.6) is 5.75 Å². The van der Waals surface area contributed by atoms with E-state index >= 15 is 0 Å². The maximum absolute atomic E-state index is 6.10. The molecule has 2 atom stereocenters. The highest BCUT2D eigenvalue weighted by Crippen LogP contribution is 2.25. The molecule has 1 aliphatic rings. The molecule has 1 aromatic carbocycles. The zero-order valence-corrected chi connectivity index (χ0v) is 13.1. The predicted octanol–water partition coefficient (Wildman–Crippen LogP) is 3.13. The Morgan fingerprint density at radius 1 is 1.25 bits per heavy atom. The molecule has 0 saturated carbocycles. The highest BCUT2D eigenvalue weighted by atomic mass is 16.5. The van der Waals surface area contributed by atoms with E-state index < -0.39 is 0 Å². The van der Waals surface area contributed by atoms with Gasteiger partial charge in [-0.15, -0.1) is 0 Å².